The average Bonchev–Trinajstić information content (AvgIpc) is 3.38. The van der Waals surface area contributed by atoms with Crippen molar-refractivity contribution in [2.45, 2.75) is 38.0 Å². The predicted octanol–water partition coefficient (Wildman–Crippen LogP) is 1.79. The molecule has 0 aliphatic carbocycles. The molecule has 3 aromatic rings. The number of hydrogen-bond acceptors (Lipinski definition) is 8. The van der Waals surface area contributed by atoms with Crippen LogP contribution in [0.25, 0.3) is 0 Å². The normalized spacial score (nSPS) is 19.8. The van der Waals surface area contributed by atoms with Crippen molar-refractivity contribution in [3.05, 3.63) is 65.6 Å². The monoisotopic (exact) mass is 594 g/mol. The number of carbonyl (C=O) groups excluding carboxylic acids is 3. The Balaban J connectivity index is 1.35. The largest absolute Gasteiger partial charge is 0.493 e. The van der Waals surface area contributed by atoms with E-state index in [9.17, 15) is 18.8 Å². The van der Waals surface area contributed by atoms with E-state index in [0.29, 0.717) is 48.8 Å². The van der Waals surface area contributed by atoms with Crippen molar-refractivity contribution in [3.63, 3.8) is 0 Å². The number of rotatable bonds is 4. The molecule has 3 N–H and O–H groups in total. The number of nitrogens with one attached hydrogen (secondary N) is 3. The highest BCUT2D eigenvalue weighted by Gasteiger charge is 2.33. The van der Waals surface area contributed by atoms with E-state index >= 15 is 0 Å². The van der Waals surface area contributed by atoms with Gasteiger partial charge in [0.2, 0.25) is 11.8 Å². The summed E-state index contributed by atoms with van der Waals surface area (Å²) in [4.78, 5) is 40.3. The Morgan fingerprint density at radius 1 is 1.14 bits per heavy atom. The van der Waals surface area contributed by atoms with Gasteiger partial charge in [-0.2, -0.15) is 5.10 Å². The fraction of sp³-hybridized carbons (Fsp3) is 0.400. The van der Waals surface area contributed by atoms with Crippen molar-refractivity contribution < 1.29 is 33.0 Å². The molecular weight excluding hydrogens is 559 g/mol. The molecule has 2 aromatic carbocycles. The van der Waals surface area contributed by atoms with Crippen LogP contribution in [0.4, 0.5) is 10.2 Å². The van der Waals surface area contributed by atoms with Crippen LogP contribution in [0.1, 0.15) is 24.0 Å². The first kappa shape index (κ1) is 29.8. The Morgan fingerprint density at radius 3 is 2.79 bits per heavy atom. The summed E-state index contributed by atoms with van der Waals surface area (Å²) in [5.74, 6) is 0.246. The average molecular weight is 595 g/mol. The first-order valence-electron chi connectivity index (χ1n) is 14.1. The van der Waals surface area contributed by atoms with Crippen LogP contribution in [0.3, 0.4) is 0 Å². The molecule has 4 bridgehead atoms. The SMILES string of the molecule is COc1ccc2cc1OCC(=O)N[C@@H]1CN(CC(=O)Nc3ccn(C)n3)CC[C@H]1Oc1cc(F)cc(c1)CNC(=O)CC2. The summed E-state index contributed by atoms with van der Waals surface area (Å²) in [5, 5.41) is 12.8. The summed E-state index contributed by atoms with van der Waals surface area (Å²) in [7, 11) is 3.27. The van der Waals surface area contributed by atoms with Crippen LogP contribution in [0, 0.1) is 5.82 Å². The van der Waals surface area contributed by atoms with Crippen LogP contribution in [-0.2, 0) is 34.4 Å². The van der Waals surface area contributed by atoms with Gasteiger partial charge in [0, 0.05) is 51.4 Å². The van der Waals surface area contributed by atoms with Gasteiger partial charge in [-0.3, -0.25) is 24.0 Å². The lowest BCUT2D eigenvalue weighted by Gasteiger charge is -2.38. The summed E-state index contributed by atoms with van der Waals surface area (Å²) in [6.07, 6.45) is 2.32. The van der Waals surface area contributed by atoms with Gasteiger partial charge in [-0.1, -0.05) is 6.07 Å². The van der Waals surface area contributed by atoms with E-state index in [1.165, 1.54) is 19.2 Å². The number of fused-ring (bicyclic) bond motifs is 5. The number of aryl methyl sites for hydroxylation is 2. The van der Waals surface area contributed by atoms with Crippen molar-refractivity contribution in [3.8, 4) is 17.2 Å². The van der Waals surface area contributed by atoms with Gasteiger partial charge in [0.25, 0.3) is 5.91 Å². The fourth-order valence-corrected chi connectivity index (χ4v) is 5.18. The van der Waals surface area contributed by atoms with E-state index < -0.39 is 23.9 Å². The highest BCUT2D eigenvalue weighted by atomic mass is 19.1. The molecule has 0 radical (unpaired) electrons. The number of ether oxygens (including phenoxy) is 3. The lowest BCUT2D eigenvalue weighted by atomic mass is 10.0. The van der Waals surface area contributed by atoms with Gasteiger partial charge in [0.05, 0.1) is 19.7 Å². The Labute approximate surface area is 248 Å². The van der Waals surface area contributed by atoms with Crippen molar-refractivity contribution in [2.24, 2.45) is 7.05 Å². The van der Waals surface area contributed by atoms with Crippen molar-refractivity contribution in [2.75, 3.05) is 38.7 Å². The number of nitrogens with zero attached hydrogens (tertiary/aromatic N) is 3. The zero-order valence-corrected chi connectivity index (χ0v) is 24.1. The zero-order chi connectivity index (χ0) is 30.3. The van der Waals surface area contributed by atoms with E-state index in [2.05, 4.69) is 21.0 Å². The molecule has 228 valence electrons. The summed E-state index contributed by atoms with van der Waals surface area (Å²) < 4.78 is 33.6. The molecule has 13 heteroatoms. The van der Waals surface area contributed by atoms with Crippen molar-refractivity contribution >= 4 is 23.5 Å². The molecule has 1 saturated heterocycles. The van der Waals surface area contributed by atoms with Crippen LogP contribution in [-0.4, -0.2) is 77.9 Å². The Bertz CT molecular complexity index is 1480. The maximum atomic E-state index is 14.5. The van der Waals surface area contributed by atoms with Gasteiger partial charge in [-0.05, 0) is 48.2 Å². The summed E-state index contributed by atoms with van der Waals surface area (Å²) in [5.41, 5.74) is 1.38. The number of methoxy groups -OCH3 is 1. The second-order valence-electron chi connectivity index (χ2n) is 10.6. The Morgan fingerprint density at radius 2 is 2.00 bits per heavy atom. The maximum absolute atomic E-state index is 14.5. The van der Waals surface area contributed by atoms with Gasteiger partial charge in [0.1, 0.15) is 17.7 Å². The van der Waals surface area contributed by atoms with Crippen LogP contribution in [0.15, 0.2) is 48.7 Å². The van der Waals surface area contributed by atoms with Crippen LogP contribution >= 0.6 is 0 Å². The maximum Gasteiger partial charge on any atom is 0.258 e. The van der Waals surface area contributed by atoms with Crippen molar-refractivity contribution in [1.82, 2.24) is 25.3 Å². The molecule has 0 spiro atoms. The smallest absolute Gasteiger partial charge is 0.258 e. The molecule has 0 unspecified atom stereocenters. The van der Waals surface area contributed by atoms with E-state index in [0.717, 1.165) is 5.56 Å². The number of carbonyl (C=O) groups is 3. The minimum absolute atomic E-state index is 0.0833. The number of amides is 3. The first-order valence-corrected chi connectivity index (χ1v) is 14.1. The third-order valence-corrected chi connectivity index (χ3v) is 7.26. The number of hydrogen-bond donors (Lipinski definition) is 3. The molecule has 2 atom stereocenters. The summed E-state index contributed by atoms with van der Waals surface area (Å²) >= 11 is 0. The van der Waals surface area contributed by atoms with Gasteiger partial charge in [0.15, 0.2) is 23.9 Å². The molecule has 0 saturated carbocycles. The lowest BCUT2D eigenvalue weighted by Crippen LogP contribution is -2.58. The third-order valence-electron chi connectivity index (χ3n) is 7.26. The predicted molar refractivity (Wildman–Crippen MR) is 154 cm³/mol. The second kappa shape index (κ2) is 13.6. The number of benzene rings is 2. The number of anilines is 1. The molecule has 2 aliphatic rings. The quantitative estimate of drug-likeness (QED) is 0.416. The molecule has 1 aromatic heterocycles. The second-order valence-corrected chi connectivity index (χ2v) is 10.6. The van der Waals surface area contributed by atoms with E-state index in [4.69, 9.17) is 14.2 Å². The number of aromatic nitrogens is 2. The third kappa shape index (κ3) is 8.22. The highest BCUT2D eigenvalue weighted by Crippen LogP contribution is 2.29. The number of piperidine rings is 1. The van der Waals surface area contributed by atoms with Crippen LogP contribution in [0.5, 0.6) is 17.2 Å². The Hall–Kier alpha value is -4.65. The number of likely N-dealkylation sites (tertiary alicyclic amines) is 1. The van der Waals surface area contributed by atoms with Gasteiger partial charge in [-0.15, -0.1) is 0 Å². The molecule has 3 amide bonds. The topological polar surface area (TPSA) is 136 Å². The van der Waals surface area contributed by atoms with Crippen LogP contribution in [0.2, 0.25) is 0 Å². The minimum Gasteiger partial charge on any atom is -0.493 e. The molecular formula is C30H35FN6O6. The van der Waals surface area contributed by atoms with Gasteiger partial charge < -0.3 is 30.2 Å². The molecule has 1 fully saturated rings. The van der Waals surface area contributed by atoms with E-state index in [1.54, 1.807) is 42.2 Å². The van der Waals surface area contributed by atoms with Gasteiger partial charge >= 0.3 is 0 Å². The van der Waals surface area contributed by atoms with E-state index in [-0.39, 0.29) is 43.7 Å². The fourth-order valence-electron chi connectivity index (χ4n) is 5.18. The number of halogens is 1. The highest BCUT2D eigenvalue weighted by molar-refractivity contribution is 5.91. The van der Waals surface area contributed by atoms with Gasteiger partial charge in [-0.25, -0.2) is 4.39 Å². The van der Waals surface area contributed by atoms with E-state index in [1.807, 2.05) is 11.0 Å². The molecule has 5 rings (SSSR count). The standard InChI is InChI=1S/C30H35FN6O6/c1-36-9-8-27(35-36)34-29(39)17-37-10-7-24-23(16-37)33-30(40)18-42-26-13-19(3-5-25(26)41-2)4-6-28(38)32-15-20-11-21(31)14-22(12-20)43-24/h3,5,8-9,11-14,23-24H,4,6-7,10,15-18H2,1-2H3,(H,32,38)(H,33,40)(H,34,35,39)/t23-,24-/m1/s1. The zero-order valence-electron chi connectivity index (χ0n) is 24.1. The summed E-state index contributed by atoms with van der Waals surface area (Å²) in [6, 6.07) is 10.8. The van der Waals surface area contributed by atoms with Crippen molar-refractivity contribution in [1.29, 1.82) is 0 Å². The molecule has 12 nitrogen and oxygen atoms in total. The molecule has 43 heavy (non-hydrogen) atoms. The molecule has 2 aliphatic heterocycles. The lowest BCUT2D eigenvalue weighted by molar-refractivity contribution is -0.125. The van der Waals surface area contributed by atoms with Crippen LogP contribution < -0.4 is 30.2 Å². The Kier molecular flexibility index (Phi) is 9.40. The molecule has 3 heterocycles. The minimum atomic E-state index is -0.536. The summed E-state index contributed by atoms with van der Waals surface area (Å²) in [6.45, 7) is 0.732. The first-order chi connectivity index (χ1) is 20.7.